The first-order chi connectivity index (χ1) is 7.48. The molecule has 0 atom stereocenters. The lowest BCUT2D eigenvalue weighted by molar-refractivity contribution is -0.158. The van der Waals surface area contributed by atoms with Crippen molar-refractivity contribution in [3.63, 3.8) is 0 Å². The van der Waals surface area contributed by atoms with Gasteiger partial charge in [-0.25, -0.2) is 0 Å². The van der Waals surface area contributed by atoms with Crippen LogP contribution in [0, 0.1) is 5.92 Å². The number of aliphatic carboxylic acids is 1. The van der Waals surface area contributed by atoms with Crippen molar-refractivity contribution < 1.29 is 20.1 Å². The summed E-state index contributed by atoms with van der Waals surface area (Å²) in [4.78, 5) is 10.6. The number of hydrogen-bond donors (Lipinski definition) is 3. The van der Waals surface area contributed by atoms with Crippen LogP contribution in [0.3, 0.4) is 0 Å². The first-order valence-electron chi connectivity index (χ1n) is 5.22. The summed E-state index contributed by atoms with van der Waals surface area (Å²) in [6, 6.07) is 6.60. The lowest BCUT2D eigenvalue weighted by atomic mass is 9.68. The van der Waals surface area contributed by atoms with Crippen molar-refractivity contribution >= 4 is 5.97 Å². The minimum Gasteiger partial charge on any atom is -0.508 e. The predicted octanol–water partition coefficient (Wildman–Crippen LogP) is 1.16. The van der Waals surface area contributed by atoms with Crippen LogP contribution in [0.1, 0.15) is 18.4 Å². The van der Waals surface area contributed by atoms with E-state index >= 15 is 0 Å². The van der Waals surface area contributed by atoms with Gasteiger partial charge in [0.15, 0.2) is 0 Å². The van der Waals surface area contributed by atoms with E-state index in [4.69, 9.17) is 10.2 Å². The van der Waals surface area contributed by atoms with Crippen LogP contribution in [-0.2, 0) is 11.2 Å². The van der Waals surface area contributed by atoms with Crippen molar-refractivity contribution in [1.29, 1.82) is 0 Å². The Labute approximate surface area is 93.2 Å². The molecule has 1 aromatic rings. The van der Waals surface area contributed by atoms with E-state index in [0.717, 1.165) is 5.56 Å². The van der Waals surface area contributed by atoms with Gasteiger partial charge >= 0.3 is 5.97 Å². The van der Waals surface area contributed by atoms with Gasteiger partial charge in [0.05, 0.1) is 11.5 Å². The highest BCUT2D eigenvalue weighted by atomic mass is 16.4. The molecule has 0 bridgehead atoms. The molecule has 2 rings (SSSR count). The van der Waals surface area contributed by atoms with Crippen molar-refractivity contribution in [3.8, 4) is 5.75 Å². The van der Waals surface area contributed by atoms with E-state index < -0.39 is 17.5 Å². The van der Waals surface area contributed by atoms with Gasteiger partial charge in [-0.3, -0.25) is 4.79 Å². The van der Waals surface area contributed by atoms with Crippen molar-refractivity contribution in [2.45, 2.75) is 24.9 Å². The van der Waals surface area contributed by atoms with Gasteiger partial charge < -0.3 is 15.3 Å². The quantitative estimate of drug-likeness (QED) is 0.717. The third-order valence-electron chi connectivity index (χ3n) is 3.07. The largest absolute Gasteiger partial charge is 0.508 e. The number of phenolic OH excluding ortho intramolecular Hbond substituents is 1. The zero-order valence-corrected chi connectivity index (χ0v) is 8.76. The maximum Gasteiger partial charge on any atom is 0.306 e. The monoisotopic (exact) mass is 222 g/mol. The number of hydrogen-bond acceptors (Lipinski definition) is 3. The lowest BCUT2D eigenvalue weighted by Crippen LogP contribution is -2.48. The van der Waals surface area contributed by atoms with Gasteiger partial charge in [0.25, 0.3) is 0 Å². The van der Waals surface area contributed by atoms with Gasteiger partial charge in [-0.2, -0.15) is 0 Å². The number of carboxylic acid groups (broad SMARTS) is 1. The molecule has 16 heavy (non-hydrogen) atoms. The Hall–Kier alpha value is -1.55. The Morgan fingerprint density at radius 3 is 2.38 bits per heavy atom. The third-order valence-corrected chi connectivity index (χ3v) is 3.07. The van der Waals surface area contributed by atoms with E-state index in [9.17, 15) is 9.90 Å². The van der Waals surface area contributed by atoms with Crippen LogP contribution >= 0.6 is 0 Å². The molecule has 0 aliphatic heterocycles. The minimum absolute atomic E-state index is 0.188. The summed E-state index contributed by atoms with van der Waals surface area (Å²) in [6.45, 7) is 0. The van der Waals surface area contributed by atoms with E-state index in [1.54, 1.807) is 24.3 Å². The molecule has 1 aromatic carbocycles. The molecule has 1 aliphatic carbocycles. The second-order valence-electron chi connectivity index (χ2n) is 4.51. The van der Waals surface area contributed by atoms with Crippen LogP contribution in [0.2, 0.25) is 0 Å². The molecule has 1 fully saturated rings. The minimum atomic E-state index is -0.889. The second kappa shape index (κ2) is 3.79. The third kappa shape index (κ3) is 2.17. The Kier molecular flexibility index (Phi) is 2.59. The smallest absolute Gasteiger partial charge is 0.306 e. The van der Waals surface area contributed by atoms with Crippen LogP contribution in [0.4, 0.5) is 0 Å². The van der Waals surface area contributed by atoms with Crippen LogP contribution in [0.15, 0.2) is 24.3 Å². The molecule has 0 radical (unpaired) electrons. The van der Waals surface area contributed by atoms with Gasteiger partial charge in [0.2, 0.25) is 0 Å². The number of aromatic hydroxyl groups is 1. The highest BCUT2D eigenvalue weighted by Gasteiger charge is 2.46. The average Bonchev–Trinajstić information content (AvgIpc) is 2.17. The molecule has 0 saturated heterocycles. The van der Waals surface area contributed by atoms with Gasteiger partial charge in [0, 0.05) is 6.42 Å². The Morgan fingerprint density at radius 2 is 1.88 bits per heavy atom. The fraction of sp³-hybridized carbons (Fsp3) is 0.417. The molecule has 3 N–H and O–H groups in total. The molecular formula is C12H14O4. The number of carbonyl (C=O) groups is 1. The van der Waals surface area contributed by atoms with E-state index in [1.165, 1.54) is 0 Å². The number of rotatable bonds is 3. The van der Waals surface area contributed by atoms with Crippen LogP contribution < -0.4 is 0 Å². The fourth-order valence-electron chi connectivity index (χ4n) is 2.17. The molecule has 0 spiro atoms. The molecule has 4 heteroatoms. The van der Waals surface area contributed by atoms with Crippen LogP contribution in [0.25, 0.3) is 0 Å². The number of benzene rings is 1. The number of aliphatic hydroxyl groups is 1. The SMILES string of the molecule is O=C(O)C1CC(O)(Cc2ccc(O)cc2)C1. The average molecular weight is 222 g/mol. The topological polar surface area (TPSA) is 77.8 Å². The molecule has 86 valence electrons. The summed E-state index contributed by atoms with van der Waals surface area (Å²) in [5, 5.41) is 27.9. The Bertz CT molecular complexity index is 390. The fourth-order valence-corrected chi connectivity index (χ4v) is 2.17. The summed E-state index contributed by atoms with van der Waals surface area (Å²) in [5.41, 5.74) is 0.0177. The standard InChI is InChI=1S/C12H14O4/c13-10-3-1-8(2-4-10)5-12(16)6-9(7-12)11(14)15/h1-4,9,13,16H,5-7H2,(H,14,15). The number of carboxylic acids is 1. The van der Waals surface area contributed by atoms with E-state index in [1.807, 2.05) is 0 Å². The molecule has 0 aromatic heterocycles. The molecule has 0 heterocycles. The van der Waals surface area contributed by atoms with Gasteiger partial charge in [-0.1, -0.05) is 12.1 Å². The summed E-state index contributed by atoms with van der Waals surface area (Å²) in [7, 11) is 0. The van der Waals surface area contributed by atoms with Gasteiger partial charge in [0.1, 0.15) is 5.75 Å². The van der Waals surface area contributed by atoms with Crippen molar-refractivity contribution in [2.75, 3.05) is 0 Å². The number of phenols is 1. The molecule has 1 saturated carbocycles. The highest BCUT2D eigenvalue weighted by Crippen LogP contribution is 2.40. The molecule has 1 aliphatic rings. The van der Waals surface area contributed by atoms with Crippen LogP contribution in [0.5, 0.6) is 5.75 Å². The van der Waals surface area contributed by atoms with Crippen molar-refractivity contribution in [1.82, 2.24) is 0 Å². The molecule has 0 unspecified atom stereocenters. The molecule has 0 amide bonds. The predicted molar refractivity (Wildman–Crippen MR) is 57.1 cm³/mol. The second-order valence-corrected chi connectivity index (χ2v) is 4.51. The van der Waals surface area contributed by atoms with E-state index in [-0.39, 0.29) is 5.75 Å². The lowest BCUT2D eigenvalue weighted by Gasteiger charge is -2.41. The first-order valence-corrected chi connectivity index (χ1v) is 5.22. The summed E-state index contributed by atoms with van der Waals surface area (Å²) in [6.07, 6.45) is 1.06. The Morgan fingerprint density at radius 1 is 1.31 bits per heavy atom. The van der Waals surface area contributed by atoms with Crippen LogP contribution in [-0.4, -0.2) is 26.9 Å². The molecule has 4 nitrogen and oxygen atoms in total. The normalized spacial score (nSPS) is 28.4. The Balaban J connectivity index is 1.96. The maximum atomic E-state index is 10.6. The molecular weight excluding hydrogens is 208 g/mol. The van der Waals surface area contributed by atoms with Crippen molar-refractivity contribution in [2.24, 2.45) is 5.92 Å². The van der Waals surface area contributed by atoms with E-state index in [2.05, 4.69) is 0 Å². The zero-order chi connectivity index (χ0) is 11.8. The zero-order valence-electron chi connectivity index (χ0n) is 8.76. The van der Waals surface area contributed by atoms with Gasteiger partial charge in [-0.05, 0) is 30.5 Å². The van der Waals surface area contributed by atoms with E-state index in [0.29, 0.717) is 19.3 Å². The maximum absolute atomic E-state index is 10.6. The summed E-state index contributed by atoms with van der Waals surface area (Å²) in [5.74, 6) is -1.06. The van der Waals surface area contributed by atoms with Crippen molar-refractivity contribution in [3.05, 3.63) is 29.8 Å². The highest BCUT2D eigenvalue weighted by molar-refractivity contribution is 5.71. The summed E-state index contributed by atoms with van der Waals surface area (Å²) >= 11 is 0. The van der Waals surface area contributed by atoms with Gasteiger partial charge in [-0.15, -0.1) is 0 Å². The first kappa shape index (κ1) is 11.0. The summed E-state index contributed by atoms with van der Waals surface area (Å²) < 4.78 is 0.